The van der Waals surface area contributed by atoms with E-state index in [0.717, 1.165) is 29.3 Å². The smallest absolute Gasteiger partial charge is 0.361 e. The van der Waals surface area contributed by atoms with Gasteiger partial charge in [-0.2, -0.15) is 13.2 Å². The molecule has 1 aromatic carbocycles. The zero-order chi connectivity index (χ0) is 20.2. The molecule has 152 valence electrons. The molecule has 7 heteroatoms. The Labute approximate surface area is 162 Å². The first-order valence-electron chi connectivity index (χ1n) is 9.73. The molecule has 3 rings (SSSR count). The van der Waals surface area contributed by atoms with Crippen LogP contribution in [0.5, 0.6) is 0 Å². The van der Waals surface area contributed by atoms with Crippen molar-refractivity contribution in [3.8, 4) is 0 Å². The topological polar surface area (TPSA) is 42.1 Å². The van der Waals surface area contributed by atoms with Gasteiger partial charge < -0.3 is 4.98 Å². The van der Waals surface area contributed by atoms with E-state index in [1.54, 1.807) is 0 Å². The number of halogens is 3. The molecule has 0 bridgehead atoms. The second-order valence-corrected chi connectivity index (χ2v) is 7.48. The molecule has 4 nitrogen and oxygen atoms in total. The Kier molecular flexibility index (Phi) is 6.13. The maximum absolute atomic E-state index is 12.7. The third-order valence-electron chi connectivity index (χ3n) is 5.38. The number of nitrogens with one attached hydrogen (secondary N) is 1. The van der Waals surface area contributed by atoms with Gasteiger partial charge in [-0.25, -0.2) is 4.79 Å². The van der Waals surface area contributed by atoms with Gasteiger partial charge in [0.1, 0.15) is 19.6 Å². The molecule has 0 amide bonds. The number of piperidine rings is 1. The van der Waals surface area contributed by atoms with Crippen molar-refractivity contribution in [3.63, 3.8) is 0 Å². The van der Waals surface area contributed by atoms with Crippen LogP contribution in [-0.2, 0) is 9.63 Å². The highest BCUT2D eigenvalue weighted by atomic mass is 19.4. The van der Waals surface area contributed by atoms with Gasteiger partial charge in [-0.1, -0.05) is 31.6 Å². The van der Waals surface area contributed by atoms with Crippen LogP contribution in [-0.4, -0.2) is 41.4 Å². The van der Waals surface area contributed by atoms with Crippen LogP contribution in [0.3, 0.4) is 0 Å². The van der Waals surface area contributed by atoms with E-state index in [1.807, 2.05) is 31.3 Å². The number of carbonyl (C=O) groups is 1. The zero-order valence-corrected chi connectivity index (χ0v) is 16.0. The maximum atomic E-state index is 12.7. The van der Waals surface area contributed by atoms with Crippen LogP contribution in [0, 0.1) is 5.92 Å². The summed E-state index contributed by atoms with van der Waals surface area (Å²) in [6, 6.07) is 8.17. The highest BCUT2D eigenvalue weighted by Gasteiger charge is 2.48. The lowest BCUT2D eigenvalue weighted by Crippen LogP contribution is -2.56. The second kappa shape index (κ2) is 8.39. The van der Waals surface area contributed by atoms with E-state index in [-0.39, 0.29) is 10.6 Å². The number of nitrogens with zero attached hydrogens (tertiary/aromatic N) is 1. The number of hydrogen-bond acceptors (Lipinski definition) is 2. The number of unbranched alkanes of at least 4 members (excludes halogenated alkanes) is 1. The Bertz CT molecular complexity index is 834. The molecule has 2 aromatic rings. The minimum atomic E-state index is -4.95. The summed E-state index contributed by atoms with van der Waals surface area (Å²) < 4.78 is 37.8. The van der Waals surface area contributed by atoms with Crippen LogP contribution in [0.4, 0.5) is 13.2 Å². The molecule has 0 spiro atoms. The average Bonchev–Trinajstić information content (AvgIpc) is 3.13. The van der Waals surface area contributed by atoms with Crippen molar-refractivity contribution in [1.82, 2.24) is 4.98 Å². The SMILES string of the molecule is CCCC[N+]1(OC(=O)C(F)(F)F)CCC(C=Cc2ccc3[nH]ccc3c2)CC1. The summed E-state index contributed by atoms with van der Waals surface area (Å²) in [6.07, 6.45) is 4.07. The first-order valence-corrected chi connectivity index (χ1v) is 9.73. The van der Waals surface area contributed by atoms with E-state index in [1.165, 1.54) is 0 Å². The lowest BCUT2D eigenvalue weighted by molar-refractivity contribution is -1.09. The van der Waals surface area contributed by atoms with Crippen molar-refractivity contribution in [2.75, 3.05) is 19.6 Å². The molecule has 2 heterocycles. The standard InChI is InChI=1S/C21H26F3N2O2/c1-2-3-12-26(28-20(27)21(22,23)24)13-9-16(10-14-26)4-5-17-6-7-19-18(15-17)8-11-25-19/h4-8,11,15-16,25H,2-3,9-10,12-14H2,1H3/q+1. The number of aromatic nitrogens is 1. The molecule has 0 aliphatic carbocycles. The quantitative estimate of drug-likeness (QED) is 0.681. The monoisotopic (exact) mass is 395 g/mol. The molecule has 1 aliphatic rings. The molecule has 0 unspecified atom stereocenters. The van der Waals surface area contributed by atoms with E-state index >= 15 is 0 Å². The van der Waals surface area contributed by atoms with Crippen LogP contribution in [0.2, 0.25) is 0 Å². The first-order chi connectivity index (χ1) is 13.3. The lowest BCUT2D eigenvalue weighted by atomic mass is 9.95. The molecule has 0 saturated carbocycles. The molecule has 0 radical (unpaired) electrons. The average molecular weight is 395 g/mol. The third kappa shape index (κ3) is 4.95. The Morgan fingerprint density at radius 1 is 1.29 bits per heavy atom. The van der Waals surface area contributed by atoms with Gasteiger partial charge in [0.2, 0.25) is 0 Å². The molecule has 28 heavy (non-hydrogen) atoms. The minimum absolute atomic E-state index is 0.216. The van der Waals surface area contributed by atoms with E-state index < -0.39 is 12.1 Å². The number of rotatable bonds is 6. The van der Waals surface area contributed by atoms with Crippen LogP contribution in [0.15, 0.2) is 36.5 Å². The summed E-state index contributed by atoms with van der Waals surface area (Å²) in [6.45, 7) is 3.22. The number of H-pyrrole nitrogens is 1. The highest BCUT2D eigenvalue weighted by molar-refractivity contribution is 5.81. The fourth-order valence-electron chi connectivity index (χ4n) is 3.71. The molecule has 1 fully saturated rings. The number of hydrogen-bond donors (Lipinski definition) is 1. The van der Waals surface area contributed by atoms with Gasteiger partial charge in [-0.3, -0.25) is 4.84 Å². The van der Waals surface area contributed by atoms with Crippen LogP contribution >= 0.6 is 0 Å². The lowest BCUT2D eigenvalue weighted by Gasteiger charge is -2.39. The van der Waals surface area contributed by atoms with Crippen molar-refractivity contribution in [3.05, 3.63) is 42.1 Å². The molecular weight excluding hydrogens is 369 g/mol. The maximum Gasteiger partial charge on any atom is 0.497 e. The van der Waals surface area contributed by atoms with Crippen LogP contribution in [0.25, 0.3) is 17.0 Å². The number of likely N-dealkylation sites (tertiary alicyclic amines) is 1. The Morgan fingerprint density at radius 3 is 2.71 bits per heavy atom. The van der Waals surface area contributed by atoms with Gasteiger partial charge in [0, 0.05) is 24.6 Å². The van der Waals surface area contributed by atoms with E-state index in [9.17, 15) is 18.0 Å². The summed E-state index contributed by atoms with van der Waals surface area (Å²) in [5.41, 5.74) is 2.17. The number of alkyl halides is 3. The molecule has 1 aliphatic heterocycles. The van der Waals surface area contributed by atoms with Crippen molar-refractivity contribution in [1.29, 1.82) is 0 Å². The number of carbonyl (C=O) groups excluding carboxylic acids is 1. The number of hydroxylamine groups is 3. The first kappa shape index (κ1) is 20.5. The summed E-state index contributed by atoms with van der Waals surface area (Å²) >= 11 is 0. The van der Waals surface area contributed by atoms with Crippen molar-refractivity contribution < 1.29 is 27.4 Å². The van der Waals surface area contributed by atoms with Crippen molar-refractivity contribution in [2.24, 2.45) is 5.92 Å². The Balaban J connectivity index is 1.63. The minimum Gasteiger partial charge on any atom is -0.361 e. The third-order valence-corrected chi connectivity index (χ3v) is 5.38. The van der Waals surface area contributed by atoms with Crippen molar-refractivity contribution >= 4 is 22.9 Å². The second-order valence-electron chi connectivity index (χ2n) is 7.48. The van der Waals surface area contributed by atoms with Gasteiger partial charge in [0.05, 0.1) is 0 Å². The van der Waals surface area contributed by atoms with Crippen LogP contribution in [0.1, 0.15) is 38.2 Å². The van der Waals surface area contributed by atoms with Gasteiger partial charge in [-0.15, -0.1) is 4.65 Å². The summed E-state index contributed by atoms with van der Waals surface area (Å²) in [5.74, 6) is -1.82. The van der Waals surface area contributed by atoms with Gasteiger partial charge in [0.15, 0.2) is 0 Å². The number of quaternary nitrogens is 1. The summed E-state index contributed by atoms with van der Waals surface area (Å²) in [5, 5.41) is 1.14. The normalized spacial score (nSPS) is 23.4. The number of benzene rings is 1. The number of allylic oxidation sites excluding steroid dienone is 1. The predicted octanol–water partition coefficient (Wildman–Crippen LogP) is 5.23. The van der Waals surface area contributed by atoms with E-state index in [2.05, 4.69) is 23.2 Å². The van der Waals surface area contributed by atoms with Gasteiger partial charge in [-0.05, 0) is 41.5 Å². The fourth-order valence-corrected chi connectivity index (χ4v) is 3.71. The van der Waals surface area contributed by atoms with E-state index in [4.69, 9.17) is 4.84 Å². The Morgan fingerprint density at radius 2 is 2.04 bits per heavy atom. The van der Waals surface area contributed by atoms with Crippen molar-refractivity contribution in [2.45, 2.75) is 38.8 Å². The summed E-state index contributed by atoms with van der Waals surface area (Å²) in [4.78, 5) is 19.5. The molecular formula is C21H26F3N2O2+. The Hall–Kier alpha value is -2.28. The largest absolute Gasteiger partial charge is 0.497 e. The number of aromatic amines is 1. The number of fused-ring (bicyclic) bond motifs is 1. The van der Waals surface area contributed by atoms with Crippen LogP contribution < -0.4 is 0 Å². The molecule has 1 aromatic heterocycles. The predicted molar refractivity (Wildman–Crippen MR) is 102 cm³/mol. The zero-order valence-electron chi connectivity index (χ0n) is 16.0. The molecule has 0 atom stereocenters. The van der Waals surface area contributed by atoms with E-state index in [0.29, 0.717) is 32.5 Å². The van der Waals surface area contributed by atoms with Gasteiger partial charge >= 0.3 is 12.1 Å². The highest BCUT2D eigenvalue weighted by Crippen LogP contribution is 2.29. The molecule has 1 N–H and O–H groups in total. The fraction of sp³-hybridized carbons (Fsp3) is 0.476. The summed E-state index contributed by atoms with van der Waals surface area (Å²) in [7, 11) is 0. The van der Waals surface area contributed by atoms with Gasteiger partial charge in [0.25, 0.3) is 0 Å². The molecule has 1 saturated heterocycles.